The highest BCUT2D eigenvalue weighted by atomic mass is 16.8. The molecule has 15 heavy (non-hydrogen) atoms. The van der Waals surface area contributed by atoms with Crippen LogP contribution in [0.5, 0.6) is 0 Å². The summed E-state index contributed by atoms with van der Waals surface area (Å²) in [6, 6.07) is 0. The van der Waals surface area contributed by atoms with Crippen LogP contribution in [0.2, 0.25) is 0 Å². The quantitative estimate of drug-likeness (QED) is 0.714. The Balaban J connectivity index is 2.18. The number of aliphatic hydroxyl groups excluding tert-OH is 1. The van der Waals surface area contributed by atoms with Gasteiger partial charge in [0.1, 0.15) is 12.4 Å². The molecule has 0 aromatic carbocycles. The Kier molecular flexibility index (Phi) is 2.41. The molecule has 0 aromatic rings. The predicted octanol–water partition coefficient (Wildman–Crippen LogP) is 0.439. The minimum absolute atomic E-state index is 0.0153. The molecule has 2 rings (SSSR count). The van der Waals surface area contributed by atoms with E-state index in [1.807, 2.05) is 13.8 Å². The van der Waals surface area contributed by atoms with Gasteiger partial charge in [-0.2, -0.15) is 0 Å². The SMILES string of the molecule is CC1(C)OC2=C(OCCO)CC[C@]2(N)O1. The summed E-state index contributed by atoms with van der Waals surface area (Å²) in [5, 5.41) is 8.68. The minimum Gasteiger partial charge on any atom is -0.492 e. The van der Waals surface area contributed by atoms with Gasteiger partial charge in [0.2, 0.25) is 5.79 Å². The molecule has 5 heteroatoms. The molecule has 86 valence electrons. The molecule has 1 saturated heterocycles. The Labute approximate surface area is 88.8 Å². The highest BCUT2D eigenvalue weighted by Crippen LogP contribution is 2.46. The first-order chi connectivity index (χ1) is 6.97. The molecule has 2 aliphatic rings. The molecule has 1 atom stereocenters. The molecule has 0 radical (unpaired) electrons. The van der Waals surface area contributed by atoms with E-state index in [9.17, 15) is 0 Å². The number of hydrogen-bond donors (Lipinski definition) is 2. The van der Waals surface area contributed by atoms with Crippen LogP contribution in [-0.2, 0) is 14.2 Å². The van der Waals surface area contributed by atoms with Crippen LogP contribution in [0, 0.1) is 0 Å². The predicted molar refractivity (Wildman–Crippen MR) is 52.5 cm³/mol. The maximum atomic E-state index is 8.68. The standard InChI is InChI=1S/C10H17NO4/c1-9(2)14-8-7(13-6-5-12)3-4-10(8,11)15-9/h12H,3-6,11H2,1-2H3/t10-/m0/s1. The first-order valence-corrected chi connectivity index (χ1v) is 5.12. The van der Waals surface area contributed by atoms with Crippen LogP contribution in [0.3, 0.4) is 0 Å². The van der Waals surface area contributed by atoms with Gasteiger partial charge in [-0.3, -0.25) is 5.73 Å². The number of hydrogen-bond acceptors (Lipinski definition) is 5. The molecule has 1 fully saturated rings. The van der Waals surface area contributed by atoms with Crippen molar-refractivity contribution in [2.75, 3.05) is 13.2 Å². The van der Waals surface area contributed by atoms with Crippen LogP contribution in [0.25, 0.3) is 0 Å². The van der Waals surface area contributed by atoms with Gasteiger partial charge in [-0.05, 0) is 0 Å². The first-order valence-electron chi connectivity index (χ1n) is 5.12. The third-order valence-electron chi connectivity index (χ3n) is 2.50. The van der Waals surface area contributed by atoms with Crippen molar-refractivity contribution >= 4 is 0 Å². The second-order valence-electron chi connectivity index (χ2n) is 4.32. The summed E-state index contributed by atoms with van der Waals surface area (Å²) in [4.78, 5) is 0. The van der Waals surface area contributed by atoms with Gasteiger partial charge >= 0.3 is 0 Å². The average Bonchev–Trinajstić information content (AvgIpc) is 2.51. The highest BCUT2D eigenvalue weighted by Gasteiger charge is 2.53. The maximum absolute atomic E-state index is 8.68. The second kappa shape index (κ2) is 3.37. The monoisotopic (exact) mass is 215 g/mol. The average molecular weight is 215 g/mol. The van der Waals surface area contributed by atoms with E-state index in [1.54, 1.807) is 0 Å². The molecule has 0 unspecified atom stereocenters. The summed E-state index contributed by atoms with van der Waals surface area (Å²) in [6.45, 7) is 3.88. The number of allylic oxidation sites excluding steroid dienone is 1. The zero-order chi connectivity index (χ0) is 11.1. The van der Waals surface area contributed by atoms with Crippen molar-refractivity contribution in [3.05, 3.63) is 11.5 Å². The largest absolute Gasteiger partial charge is 0.492 e. The van der Waals surface area contributed by atoms with Crippen molar-refractivity contribution in [2.24, 2.45) is 5.73 Å². The smallest absolute Gasteiger partial charge is 0.207 e. The van der Waals surface area contributed by atoms with Crippen LogP contribution >= 0.6 is 0 Å². The lowest BCUT2D eigenvalue weighted by molar-refractivity contribution is -0.161. The zero-order valence-corrected chi connectivity index (χ0v) is 9.08. The van der Waals surface area contributed by atoms with Gasteiger partial charge in [-0.1, -0.05) is 0 Å². The van der Waals surface area contributed by atoms with E-state index in [-0.39, 0.29) is 13.2 Å². The molecule has 0 saturated carbocycles. The van der Waals surface area contributed by atoms with E-state index in [2.05, 4.69) is 0 Å². The van der Waals surface area contributed by atoms with Crippen molar-refractivity contribution < 1.29 is 19.3 Å². The van der Waals surface area contributed by atoms with Crippen LogP contribution in [-0.4, -0.2) is 29.8 Å². The van der Waals surface area contributed by atoms with E-state index in [0.717, 1.165) is 0 Å². The summed E-state index contributed by atoms with van der Waals surface area (Å²) >= 11 is 0. The van der Waals surface area contributed by atoms with Gasteiger partial charge < -0.3 is 19.3 Å². The van der Waals surface area contributed by atoms with Crippen molar-refractivity contribution in [3.8, 4) is 0 Å². The van der Waals surface area contributed by atoms with Crippen LogP contribution in [0.15, 0.2) is 11.5 Å². The number of fused-ring (bicyclic) bond motifs is 1. The molecule has 1 aliphatic carbocycles. The summed E-state index contributed by atoms with van der Waals surface area (Å²) in [7, 11) is 0. The summed E-state index contributed by atoms with van der Waals surface area (Å²) in [5.74, 6) is 0.594. The molecule has 0 spiro atoms. The molecular formula is C10H17NO4. The van der Waals surface area contributed by atoms with Gasteiger partial charge in [0.25, 0.3) is 0 Å². The Morgan fingerprint density at radius 3 is 2.93 bits per heavy atom. The summed E-state index contributed by atoms with van der Waals surface area (Å²) < 4.78 is 16.6. The molecule has 0 aromatic heterocycles. The van der Waals surface area contributed by atoms with Crippen molar-refractivity contribution in [2.45, 2.75) is 38.2 Å². The molecule has 1 heterocycles. The molecular weight excluding hydrogens is 198 g/mol. The fraction of sp³-hybridized carbons (Fsp3) is 0.800. The molecule has 5 nitrogen and oxygen atoms in total. The molecule has 0 amide bonds. The lowest BCUT2D eigenvalue weighted by Gasteiger charge is -2.20. The second-order valence-corrected chi connectivity index (χ2v) is 4.32. The van der Waals surface area contributed by atoms with E-state index in [4.69, 9.17) is 25.1 Å². The Morgan fingerprint density at radius 1 is 1.53 bits per heavy atom. The summed E-state index contributed by atoms with van der Waals surface area (Å²) in [6.07, 6.45) is 1.36. The van der Waals surface area contributed by atoms with E-state index in [0.29, 0.717) is 24.4 Å². The van der Waals surface area contributed by atoms with Gasteiger partial charge in [-0.25, -0.2) is 0 Å². The van der Waals surface area contributed by atoms with E-state index < -0.39 is 11.5 Å². The third-order valence-corrected chi connectivity index (χ3v) is 2.50. The van der Waals surface area contributed by atoms with Crippen molar-refractivity contribution in [1.82, 2.24) is 0 Å². The third kappa shape index (κ3) is 1.82. The number of aliphatic hydroxyl groups is 1. The topological polar surface area (TPSA) is 73.9 Å². The fourth-order valence-corrected chi connectivity index (χ4v) is 2.01. The lowest BCUT2D eigenvalue weighted by Crippen LogP contribution is -2.40. The lowest BCUT2D eigenvalue weighted by atomic mass is 10.2. The summed E-state index contributed by atoms with van der Waals surface area (Å²) in [5.41, 5.74) is 5.22. The van der Waals surface area contributed by atoms with Gasteiger partial charge in [0.05, 0.1) is 6.61 Å². The Hall–Kier alpha value is -0.780. The highest BCUT2D eigenvalue weighted by molar-refractivity contribution is 5.23. The van der Waals surface area contributed by atoms with Crippen LogP contribution < -0.4 is 5.73 Å². The van der Waals surface area contributed by atoms with Crippen molar-refractivity contribution in [3.63, 3.8) is 0 Å². The maximum Gasteiger partial charge on any atom is 0.207 e. The minimum atomic E-state index is -0.839. The Morgan fingerprint density at radius 2 is 2.27 bits per heavy atom. The van der Waals surface area contributed by atoms with Crippen molar-refractivity contribution in [1.29, 1.82) is 0 Å². The molecule has 3 N–H and O–H groups in total. The number of nitrogens with two attached hydrogens (primary N) is 1. The van der Waals surface area contributed by atoms with Crippen LogP contribution in [0.1, 0.15) is 26.7 Å². The van der Waals surface area contributed by atoms with E-state index in [1.165, 1.54) is 0 Å². The zero-order valence-electron chi connectivity index (χ0n) is 9.08. The number of rotatable bonds is 3. The Bertz CT molecular complexity index is 300. The molecule has 1 aliphatic heterocycles. The van der Waals surface area contributed by atoms with Gasteiger partial charge in [-0.15, -0.1) is 0 Å². The fourth-order valence-electron chi connectivity index (χ4n) is 2.01. The van der Waals surface area contributed by atoms with Crippen LogP contribution in [0.4, 0.5) is 0 Å². The van der Waals surface area contributed by atoms with Gasteiger partial charge in [0, 0.05) is 26.7 Å². The number of ether oxygens (including phenoxy) is 3. The molecule has 0 bridgehead atoms. The first kappa shape index (κ1) is 10.7. The normalized spacial score (nSPS) is 32.8. The van der Waals surface area contributed by atoms with Gasteiger partial charge in [0.15, 0.2) is 11.5 Å². The van der Waals surface area contributed by atoms with E-state index >= 15 is 0 Å².